The van der Waals surface area contributed by atoms with Gasteiger partial charge in [0, 0.05) is 12.7 Å². The zero-order valence-electron chi connectivity index (χ0n) is 8.50. The molecule has 0 radical (unpaired) electrons. The van der Waals surface area contributed by atoms with Crippen LogP contribution in [0.25, 0.3) is 11.4 Å². The van der Waals surface area contributed by atoms with Crippen LogP contribution in [0.2, 0.25) is 0 Å². The fourth-order valence-electron chi connectivity index (χ4n) is 1.32. The maximum absolute atomic E-state index is 12.4. The monoisotopic (exact) mass is 231 g/mol. The van der Waals surface area contributed by atoms with Crippen molar-refractivity contribution in [2.45, 2.75) is 13.1 Å². The Kier molecular flexibility index (Phi) is 2.21. The van der Waals surface area contributed by atoms with E-state index in [4.69, 9.17) is 0 Å². The number of aromatic amines is 1. The van der Waals surface area contributed by atoms with Crippen LogP contribution in [0.3, 0.4) is 0 Å². The van der Waals surface area contributed by atoms with Crippen LogP contribution in [0.15, 0.2) is 6.20 Å². The lowest BCUT2D eigenvalue weighted by atomic mass is 10.2. The van der Waals surface area contributed by atoms with Crippen molar-refractivity contribution in [3.8, 4) is 11.4 Å². The van der Waals surface area contributed by atoms with Crippen LogP contribution in [0, 0.1) is 6.92 Å². The first-order valence-corrected chi connectivity index (χ1v) is 4.38. The molecule has 0 spiro atoms. The Morgan fingerprint density at radius 3 is 2.50 bits per heavy atom. The summed E-state index contributed by atoms with van der Waals surface area (Å²) in [6, 6.07) is 0. The Bertz CT molecular complexity index is 510. The molecule has 2 rings (SSSR count). The van der Waals surface area contributed by atoms with Crippen molar-refractivity contribution in [1.29, 1.82) is 0 Å². The van der Waals surface area contributed by atoms with Gasteiger partial charge in [-0.3, -0.25) is 5.10 Å². The van der Waals surface area contributed by atoms with E-state index in [0.717, 1.165) is 4.68 Å². The smallest absolute Gasteiger partial charge is 0.282 e. The van der Waals surface area contributed by atoms with Gasteiger partial charge in [0.15, 0.2) is 5.82 Å². The number of halogens is 3. The topological polar surface area (TPSA) is 59.4 Å². The van der Waals surface area contributed by atoms with Gasteiger partial charge < -0.3 is 0 Å². The Labute approximate surface area is 88.3 Å². The summed E-state index contributed by atoms with van der Waals surface area (Å²) in [5.41, 5.74) is 1.15. The van der Waals surface area contributed by atoms with Gasteiger partial charge in [0.05, 0.1) is 11.8 Å². The Morgan fingerprint density at radius 1 is 1.38 bits per heavy atom. The second-order valence-corrected chi connectivity index (χ2v) is 3.29. The van der Waals surface area contributed by atoms with Gasteiger partial charge in [-0.1, -0.05) is 0 Å². The average molecular weight is 231 g/mol. The molecule has 16 heavy (non-hydrogen) atoms. The van der Waals surface area contributed by atoms with Crippen LogP contribution in [-0.2, 0) is 13.2 Å². The molecule has 86 valence electrons. The van der Waals surface area contributed by atoms with E-state index < -0.39 is 12.0 Å². The Morgan fingerprint density at radius 2 is 2.06 bits per heavy atom. The largest absolute Gasteiger partial charge is 0.453 e. The van der Waals surface area contributed by atoms with Crippen molar-refractivity contribution >= 4 is 0 Å². The van der Waals surface area contributed by atoms with Crippen molar-refractivity contribution in [3.63, 3.8) is 0 Å². The molecule has 0 bridgehead atoms. The van der Waals surface area contributed by atoms with Crippen molar-refractivity contribution in [3.05, 3.63) is 17.7 Å². The minimum absolute atomic E-state index is 0.138. The molecule has 2 heterocycles. The SMILES string of the molecule is Cc1[nH]ncc1-c1nc(C(F)(F)F)nn1C. The third kappa shape index (κ3) is 1.66. The number of hydrogen-bond acceptors (Lipinski definition) is 3. The minimum atomic E-state index is -4.53. The van der Waals surface area contributed by atoms with E-state index in [1.165, 1.54) is 13.2 Å². The van der Waals surface area contributed by atoms with E-state index in [0.29, 0.717) is 11.3 Å². The summed E-state index contributed by atoms with van der Waals surface area (Å²) < 4.78 is 38.2. The number of rotatable bonds is 1. The molecular formula is C8H8F3N5. The van der Waals surface area contributed by atoms with Crippen LogP contribution in [0.4, 0.5) is 13.2 Å². The summed E-state index contributed by atoms with van der Waals surface area (Å²) in [4.78, 5) is 3.45. The highest BCUT2D eigenvalue weighted by atomic mass is 19.4. The molecule has 0 amide bonds. The normalized spacial score (nSPS) is 12.1. The van der Waals surface area contributed by atoms with Gasteiger partial charge in [0.1, 0.15) is 0 Å². The summed E-state index contributed by atoms with van der Waals surface area (Å²) in [7, 11) is 1.41. The van der Waals surface area contributed by atoms with E-state index in [-0.39, 0.29) is 5.82 Å². The number of hydrogen-bond donors (Lipinski definition) is 1. The Hall–Kier alpha value is -1.86. The number of nitrogens with one attached hydrogen (secondary N) is 1. The first-order chi connectivity index (χ1) is 7.39. The maximum atomic E-state index is 12.4. The molecule has 0 fully saturated rings. The van der Waals surface area contributed by atoms with Crippen molar-refractivity contribution in [2.75, 3.05) is 0 Å². The third-order valence-corrected chi connectivity index (χ3v) is 2.09. The molecule has 8 heteroatoms. The molecule has 0 atom stereocenters. The molecule has 5 nitrogen and oxygen atoms in total. The van der Waals surface area contributed by atoms with E-state index in [2.05, 4.69) is 20.3 Å². The molecule has 0 saturated carbocycles. The first kappa shape index (κ1) is 10.7. The van der Waals surface area contributed by atoms with Crippen LogP contribution in [0.5, 0.6) is 0 Å². The molecule has 0 saturated heterocycles. The van der Waals surface area contributed by atoms with Crippen LogP contribution in [0.1, 0.15) is 11.5 Å². The molecule has 2 aromatic rings. The van der Waals surface area contributed by atoms with Gasteiger partial charge in [-0.2, -0.15) is 18.3 Å². The van der Waals surface area contributed by atoms with E-state index in [1.54, 1.807) is 6.92 Å². The molecule has 0 aliphatic rings. The summed E-state index contributed by atoms with van der Waals surface area (Å²) in [5.74, 6) is -1.01. The van der Waals surface area contributed by atoms with Crippen LogP contribution in [-0.4, -0.2) is 25.0 Å². The molecule has 0 aliphatic heterocycles. The molecule has 2 aromatic heterocycles. The van der Waals surface area contributed by atoms with Crippen molar-refractivity contribution in [2.24, 2.45) is 7.05 Å². The summed E-state index contributed by atoms with van der Waals surface area (Å²) in [5, 5.41) is 9.67. The second-order valence-electron chi connectivity index (χ2n) is 3.29. The summed E-state index contributed by atoms with van der Waals surface area (Å²) in [6.45, 7) is 1.70. The van der Waals surface area contributed by atoms with Gasteiger partial charge in [0.2, 0.25) is 0 Å². The van der Waals surface area contributed by atoms with Gasteiger partial charge in [-0.15, -0.1) is 5.10 Å². The number of aryl methyl sites for hydroxylation is 2. The standard InChI is InChI=1S/C8H8F3N5/c1-4-5(3-12-14-4)6-13-7(8(9,10)11)15-16(6)2/h3H,1-2H3,(H,12,14). The quantitative estimate of drug-likeness (QED) is 0.809. The zero-order chi connectivity index (χ0) is 11.9. The predicted molar refractivity (Wildman–Crippen MR) is 48.3 cm³/mol. The molecule has 1 N–H and O–H groups in total. The molecule has 0 aromatic carbocycles. The predicted octanol–water partition coefficient (Wildman–Crippen LogP) is 1.53. The van der Waals surface area contributed by atoms with Crippen LogP contribution >= 0.6 is 0 Å². The molecule has 0 unspecified atom stereocenters. The van der Waals surface area contributed by atoms with E-state index in [1.807, 2.05) is 0 Å². The van der Waals surface area contributed by atoms with Crippen molar-refractivity contribution < 1.29 is 13.2 Å². The number of H-pyrrole nitrogens is 1. The number of nitrogens with zero attached hydrogens (tertiary/aromatic N) is 4. The van der Waals surface area contributed by atoms with Crippen molar-refractivity contribution in [1.82, 2.24) is 25.0 Å². The fourth-order valence-corrected chi connectivity index (χ4v) is 1.32. The van der Waals surface area contributed by atoms with Gasteiger partial charge in [0.25, 0.3) is 5.82 Å². The molecule has 0 aliphatic carbocycles. The van der Waals surface area contributed by atoms with Gasteiger partial charge in [-0.25, -0.2) is 9.67 Å². The number of aromatic nitrogens is 5. The van der Waals surface area contributed by atoms with E-state index >= 15 is 0 Å². The Balaban J connectivity index is 2.52. The number of alkyl halides is 3. The highest BCUT2D eigenvalue weighted by Gasteiger charge is 2.37. The van der Waals surface area contributed by atoms with Crippen LogP contribution < -0.4 is 0 Å². The highest BCUT2D eigenvalue weighted by Crippen LogP contribution is 2.28. The lowest BCUT2D eigenvalue weighted by Crippen LogP contribution is -2.08. The average Bonchev–Trinajstić information content (AvgIpc) is 2.70. The lowest BCUT2D eigenvalue weighted by Gasteiger charge is -1.97. The van der Waals surface area contributed by atoms with Gasteiger partial charge in [-0.05, 0) is 6.92 Å². The first-order valence-electron chi connectivity index (χ1n) is 4.38. The highest BCUT2D eigenvalue weighted by molar-refractivity contribution is 5.56. The fraction of sp³-hybridized carbons (Fsp3) is 0.375. The lowest BCUT2D eigenvalue weighted by molar-refractivity contribution is -0.144. The van der Waals surface area contributed by atoms with E-state index in [9.17, 15) is 13.2 Å². The van der Waals surface area contributed by atoms with Gasteiger partial charge >= 0.3 is 6.18 Å². The third-order valence-electron chi connectivity index (χ3n) is 2.09. The minimum Gasteiger partial charge on any atom is -0.282 e. The second kappa shape index (κ2) is 3.32. The summed E-state index contributed by atoms with van der Waals surface area (Å²) in [6.07, 6.45) is -3.12. The maximum Gasteiger partial charge on any atom is 0.453 e. The zero-order valence-corrected chi connectivity index (χ0v) is 8.50. The summed E-state index contributed by atoms with van der Waals surface area (Å²) >= 11 is 0. The molecular weight excluding hydrogens is 223 g/mol.